The monoisotopic (exact) mass is 302 g/mol. The van der Waals surface area contributed by atoms with Gasteiger partial charge in [0, 0.05) is 4.88 Å². The molecule has 0 amide bonds. The Morgan fingerprint density at radius 1 is 1.37 bits per heavy atom. The molecule has 5 heteroatoms. The number of aliphatic hydroxyl groups is 1. The van der Waals surface area contributed by atoms with Gasteiger partial charge < -0.3 is 10.2 Å². The molecule has 0 radical (unpaired) electrons. The van der Waals surface area contributed by atoms with E-state index in [1.165, 1.54) is 17.8 Å². The minimum absolute atomic E-state index is 0.156. The molecule has 1 aliphatic carbocycles. The van der Waals surface area contributed by atoms with E-state index >= 15 is 0 Å². The molecular formula is C14H19ClO3S. The molecule has 1 aliphatic rings. The molecule has 19 heavy (non-hydrogen) atoms. The molecule has 0 spiro atoms. The Morgan fingerprint density at radius 2 is 2.05 bits per heavy atom. The smallest absolute Gasteiger partial charge is 0.303 e. The zero-order chi connectivity index (χ0) is 13.9. The van der Waals surface area contributed by atoms with Crippen molar-refractivity contribution in [2.45, 2.75) is 51.0 Å². The first-order valence-corrected chi connectivity index (χ1v) is 7.85. The van der Waals surface area contributed by atoms with Gasteiger partial charge >= 0.3 is 5.97 Å². The quantitative estimate of drug-likeness (QED) is 0.855. The third kappa shape index (κ3) is 3.94. The molecule has 1 saturated carbocycles. The molecule has 1 aromatic heterocycles. The van der Waals surface area contributed by atoms with E-state index in [2.05, 4.69) is 0 Å². The fourth-order valence-electron chi connectivity index (χ4n) is 3.09. The molecule has 2 rings (SSSR count). The SMILES string of the molecule is O=C(O)CC1(CC(O)c2ccc(Cl)s2)CCCCC1. The average molecular weight is 303 g/mol. The van der Waals surface area contributed by atoms with Crippen molar-refractivity contribution in [2.24, 2.45) is 5.41 Å². The number of halogens is 1. The fourth-order valence-corrected chi connectivity index (χ4v) is 4.14. The van der Waals surface area contributed by atoms with Crippen LogP contribution in [0.4, 0.5) is 0 Å². The second-order valence-electron chi connectivity index (χ2n) is 5.49. The Balaban J connectivity index is 2.08. The highest BCUT2D eigenvalue weighted by molar-refractivity contribution is 7.16. The summed E-state index contributed by atoms with van der Waals surface area (Å²) >= 11 is 7.25. The fraction of sp³-hybridized carbons (Fsp3) is 0.643. The summed E-state index contributed by atoms with van der Waals surface area (Å²) < 4.78 is 0.657. The molecule has 0 aromatic carbocycles. The summed E-state index contributed by atoms with van der Waals surface area (Å²) in [6, 6.07) is 3.60. The summed E-state index contributed by atoms with van der Waals surface area (Å²) in [6.45, 7) is 0. The standard InChI is InChI=1S/C14H19ClO3S/c15-12-5-4-11(19-12)10(16)8-14(9-13(17)18)6-2-1-3-7-14/h4-5,10,16H,1-3,6-9H2,(H,17,18). The van der Waals surface area contributed by atoms with Gasteiger partial charge in [-0.2, -0.15) is 0 Å². The van der Waals surface area contributed by atoms with Crippen molar-refractivity contribution in [3.8, 4) is 0 Å². The Kier molecular flexibility index (Phi) is 4.87. The van der Waals surface area contributed by atoms with Crippen molar-refractivity contribution in [1.82, 2.24) is 0 Å². The minimum Gasteiger partial charge on any atom is -0.481 e. The number of hydrogen-bond acceptors (Lipinski definition) is 3. The molecule has 1 fully saturated rings. The first-order chi connectivity index (χ1) is 9.01. The molecule has 3 nitrogen and oxygen atoms in total. The Bertz CT molecular complexity index is 438. The van der Waals surface area contributed by atoms with E-state index in [4.69, 9.17) is 16.7 Å². The minimum atomic E-state index is -0.765. The van der Waals surface area contributed by atoms with E-state index < -0.39 is 12.1 Å². The van der Waals surface area contributed by atoms with E-state index in [9.17, 15) is 9.90 Å². The lowest BCUT2D eigenvalue weighted by Gasteiger charge is -2.37. The van der Waals surface area contributed by atoms with Crippen molar-refractivity contribution in [2.75, 3.05) is 0 Å². The maximum atomic E-state index is 11.1. The van der Waals surface area contributed by atoms with E-state index in [0.717, 1.165) is 30.6 Å². The number of rotatable bonds is 5. The van der Waals surface area contributed by atoms with Crippen LogP contribution in [0, 0.1) is 5.41 Å². The number of aliphatic carboxylic acids is 1. The lowest BCUT2D eigenvalue weighted by Crippen LogP contribution is -2.29. The highest BCUT2D eigenvalue weighted by atomic mass is 35.5. The van der Waals surface area contributed by atoms with Crippen LogP contribution in [-0.2, 0) is 4.79 Å². The highest BCUT2D eigenvalue weighted by Crippen LogP contribution is 2.46. The van der Waals surface area contributed by atoms with Crippen LogP contribution in [0.1, 0.15) is 55.9 Å². The predicted molar refractivity (Wildman–Crippen MR) is 76.7 cm³/mol. The Labute approximate surface area is 122 Å². The molecule has 0 saturated heterocycles. The summed E-state index contributed by atoms with van der Waals surface area (Å²) in [7, 11) is 0. The van der Waals surface area contributed by atoms with Crippen LogP contribution in [0.5, 0.6) is 0 Å². The van der Waals surface area contributed by atoms with Gasteiger partial charge in [0.05, 0.1) is 16.9 Å². The summed E-state index contributed by atoms with van der Waals surface area (Å²) in [6.07, 6.45) is 5.16. The van der Waals surface area contributed by atoms with Crippen molar-refractivity contribution in [3.63, 3.8) is 0 Å². The van der Waals surface area contributed by atoms with Crippen LogP contribution in [-0.4, -0.2) is 16.2 Å². The van der Waals surface area contributed by atoms with Crippen molar-refractivity contribution >= 4 is 28.9 Å². The van der Waals surface area contributed by atoms with Crippen LogP contribution in [0.2, 0.25) is 4.34 Å². The lowest BCUT2D eigenvalue weighted by atomic mass is 9.68. The van der Waals surface area contributed by atoms with Crippen molar-refractivity contribution in [1.29, 1.82) is 0 Å². The normalized spacial score (nSPS) is 20.1. The number of carbonyl (C=O) groups is 1. The third-order valence-corrected chi connectivity index (χ3v) is 5.32. The second-order valence-corrected chi connectivity index (χ2v) is 7.24. The number of hydrogen-bond donors (Lipinski definition) is 2. The molecule has 0 aliphatic heterocycles. The van der Waals surface area contributed by atoms with Gasteiger partial charge in [0.1, 0.15) is 0 Å². The van der Waals surface area contributed by atoms with Gasteiger partial charge in [0.15, 0.2) is 0 Å². The van der Waals surface area contributed by atoms with Crippen LogP contribution in [0.15, 0.2) is 12.1 Å². The van der Waals surface area contributed by atoms with Crippen molar-refractivity contribution in [3.05, 3.63) is 21.3 Å². The summed E-state index contributed by atoms with van der Waals surface area (Å²) in [5.74, 6) is -0.765. The number of carboxylic acids is 1. The van der Waals surface area contributed by atoms with Gasteiger partial charge in [-0.15, -0.1) is 11.3 Å². The topological polar surface area (TPSA) is 57.5 Å². The van der Waals surface area contributed by atoms with E-state index in [1.807, 2.05) is 6.07 Å². The maximum Gasteiger partial charge on any atom is 0.303 e. The Morgan fingerprint density at radius 3 is 2.58 bits per heavy atom. The van der Waals surface area contributed by atoms with Gasteiger partial charge in [0.25, 0.3) is 0 Å². The van der Waals surface area contributed by atoms with E-state index in [-0.39, 0.29) is 11.8 Å². The lowest BCUT2D eigenvalue weighted by molar-refractivity contribution is -0.141. The number of aliphatic hydroxyl groups excluding tert-OH is 1. The second kappa shape index (κ2) is 6.25. The Hall–Kier alpha value is -0.580. The van der Waals surface area contributed by atoms with Crippen LogP contribution < -0.4 is 0 Å². The molecular weight excluding hydrogens is 284 g/mol. The molecule has 1 atom stereocenters. The van der Waals surface area contributed by atoms with E-state index in [1.54, 1.807) is 6.07 Å². The van der Waals surface area contributed by atoms with Gasteiger partial charge in [0.2, 0.25) is 0 Å². The van der Waals surface area contributed by atoms with Gasteiger partial charge in [-0.25, -0.2) is 0 Å². The molecule has 1 heterocycles. The van der Waals surface area contributed by atoms with Gasteiger partial charge in [-0.3, -0.25) is 4.79 Å². The maximum absolute atomic E-state index is 11.1. The van der Waals surface area contributed by atoms with Crippen molar-refractivity contribution < 1.29 is 15.0 Å². The summed E-state index contributed by atoms with van der Waals surface area (Å²) in [5, 5.41) is 19.4. The molecule has 1 unspecified atom stereocenters. The van der Waals surface area contributed by atoms with Gasteiger partial charge in [-0.05, 0) is 36.8 Å². The number of carboxylic acid groups (broad SMARTS) is 1. The first kappa shape index (κ1) is 14.8. The molecule has 106 valence electrons. The van der Waals surface area contributed by atoms with Crippen LogP contribution in [0.25, 0.3) is 0 Å². The largest absolute Gasteiger partial charge is 0.481 e. The zero-order valence-corrected chi connectivity index (χ0v) is 12.3. The predicted octanol–water partition coefficient (Wildman–Crippen LogP) is 4.25. The first-order valence-electron chi connectivity index (χ1n) is 6.66. The number of thiophene rings is 1. The molecule has 1 aromatic rings. The van der Waals surface area contributed by atoms with E-state index in [0.29, 0.717) is 10.8 Å². The van der Waals surface area contributed by atoms with Gasteiger partial charge in [-0.1, -0.05) is 30.9 Å². The summed E-state index contributed by atoms with van der Waals surface area (Å²) in [4.78, 5) is 11.9. The van der Waals surface area contributed by atoms with Crippen LogP contribution >= 0.6 is 22.9 Å². The average Bonchev–Trinajstić information content (AvgIpc) is 2.76. The summed E-state index contributed by atoms with van der Waals surface area (Å²) in [5.41, 5.74) is -0.250. The molecule has 0 bridgehead atoms. The van der Waals surface area contributed by atoms with Crippen LogP contribution in [0.3, 0.4) is 0 Å². The molecule has 2 N–H and O–H groups in total. The zero-order valence-electron chi connectivity index (χ0n) is 10.8. The third-order valence-electron chi connectivity index (χ3n) is 3.99. The highest BCUT2D eigenvalue weighted by Gasteiger charge is 2.36.